The summed E-state index contributed by atoms with van der Waals surface area (Å²) in [7, 11) is 0. The molecule has 0 aromatic heterocycles. The Balaban J connectivity index is 2.36. The summed E-state index contributed by atoms with van der Waals surface area (Å²) in [5.74, 6) is 0.823. The number of nitrogens with zero attached hydrogens (tertiary/aromatic N) is 1. The molecule has 1 N–H and O–H groups in total. The third-order valence-electron chi connectivity index (χ3n) is 3.18. The van der Waals surface area contributed by atoms with Gasteiger partial charge in [-0.15, -0.1) is 0 Å². The van der Waals surface area contributed by atoms with E-state index in [-0.39, 0.29) is 0 Å². The van der Waals surface area contributed by atoms with E-state index >= 15 is 0 Å². The number of hydrogen-bond acceptors (Lipinski definition) is 2. The van der Waals surface area contributed by atoms with Gasteiger partial charge in [-0.05, 0) is 30.7 Å². The van der Waals surface area contributed by atoms with Crippen LogP contribution >= 0.6 is 0 Å². The van der Waals surface area contributed by atoms with E-state index in [1.165, 1.54) is 0 Å². The van der Waals surface area contributed by atoms with Gasteiger partial charge in [-0.3, -0.25) is 4.79 Å². The fourth-order valence-corrected chi connectivity index (χ4v) is 2.64. The molecule has 0 unspecified atom stereocenters. The fourth-order valence-electron chi connectivity index (χ4n) is 2.64. The van der Waals surface area contributed by atoms with E-state index in [0.717, 1.165) is 39.0 Å². The van der Waals surface area contributed by atoms with Gasteiger partial charge in [0.2, 0.25) is 5.91 Å². The number of carbonyl (C=O) groups excluding carboxylic acids is 1. The zero-order chi connectivity index (χ0) is 12.9. The molecule has 1 aliphatic rings. The van der Waals surface area contributed by atoms with Crippen molar-refractivity contribution in [2.45, 2.75) is 47.0 Å². The summed E-state index contributed by atoms with van der Waals surface area (Å²) >= 11 is 0. The van der Waals surface area contributed by atoms with Crippen molar-refractivity contribution in [2.24, 2.45) is 11.3 Å². The average molecular weight is 240 g/mol. The van der Waals surface area contributed by atoms with Gasteiger partial charge in [0.25, 0.3) is 0 Å². The van der Waals surface area contributed by atoms with Gasteiger partial charge in [0, 0.05) is 26.1 Å². The molecule has 17 heavy (non-hydrogen) atoms. The second kappa shape index (κ2) is 6.39. The molecular formula is C14H28N2O. The topological polar surface area (TPSA) is 32.3 Å². The number of amides is 1. The lowest BCUT2D eigenvalue weighted by atomic mass is 9.84. The van der Waals surface area contributed by atoms with Gasteiger partial charge in [-0.1, -0.05) is 27.7 Å². The highest BCUT2D eigenvalue weighted by atomic mass is 16.2. The van der Waals surface area contributed by atoms with Gasteiger partial charge in [0.05, 0.1) is 0 Å². The fraction of sp³-hybridized carbons (Fsp3) is 0.929. The Morgan fingerprint density at radius 2 is 2.00 bits per heavy atom. The third kappa shape index (κ3) is 6.06. The van der Waals surface area contributed by atoms with Crippen LogP contribution in [0, 0.1) is 11.3 Å². The lowest BCUT2D eigenvalue weighted by Gasteiger charge is -2.26. The van der Waals surface area contributed by atoms with E-state index in [4.69, 9.17) is 0 Å². The number of hydrogen-bond donors (Lipinski definition) is 1. The van der Waals surface area contributed by atoms with Crippen LogP contribution in [0.2, 0.25) is 0 Å². The highest BCUT2D eigenvalue weighted by Gasteiger charge is 2.21. The summed E-state index contributed by atoms with van der Waals surface area (Å²) in [5.41, 5.74) is 0.319. The monoisotopic (exact) mass is 240 g/mol. The van der Waals surface area contributed by atoms with Crippen LogP contribution in [0.5, 0.6) is 0 Å². The normalized spacial score (nSPS) is 19.9. The van der Waals surface area contributed by atoms with Crippen LogP contribution in [-0.4, -0.2) is 37.0 Å². The Labute approximate surface area is 106 Å². The summed E-state index contributed by atoms with van der Waals surface area (Å²) in [6.45, 7) is 12.7. The highest BCUT2D eigenvalue weighted by molar-refractivity contribution is 5.76. The Bertz CT molecular complexity index is 237. The molecule has 0 saturated carbocycles. The molecule has 0 aromatic carbocycles. The van der Waals surface area contributed by atoms with Crippen molar-refractivity contribution in [3.8, 4) is 0 Å². The zero-order valence-corrected chi connectivity index (χ0v) is 11.9. The van der Waals surface area contributed by atoms with Gasteiger partial charge in [-0.25, -0.2) is 0 Å². The minimum atomic E-state index is 0.319. The second-order valence-electron chi connectivity index (χ2n) is 6.56. The van der Waals surface area contributed by atoms with E-state index in [0.29, 0.717) is 23.7 Å². The molecule has 100 valence electrons. The van der Waals surface area contributed by atoms with Gasteiger partial charge in [0.15, 0.2) is 0 Å². The van der Waals surface area contributed by atoms with Crippen LogP contribution in [-0.2, 0) is 4.79 Å². The molecule has 3 nitrogen and oxygen atoms in total. The van der Waals surface area contributed by atoms with Crippen LogP contribution in [0.25, 0.3) is 0 Å². The zero-order valence-electron chi connectivity index (χ0n) is 11.9. The SMILES string of the molecule is C[C@@H](CC(=O)N1CCCNCC1)CC(C)(C)C. The molecule has 3 heteroatoms. The molecule has 1 aliphatic heterocycles. The first-order chi connectivity index (χ1) is 7.88. The predicted molar refractivity (Wildman–Crippen MR) is 71.9 cm³/mol. The molecule has 0 spiro atoms. The largest absolute Gasteiger partial charge is 0.341 e. The summed E-state index contributed by atoms with van der Waals surface area (Å²) in [6, 6.07) is 0. The van der Waals surface area contributed by atoms with Crippen molar-refractivity contribution in [1.29, 1.82) is 0 Å². The minimum Gasteiger partial charge on any atom is -0.341 e. The average Bonchev–Trinajstić information content (AvgIpc) is 2.41. The molecular weight excluding hydrogens is 212 g/mol. The van der Waals surface area contributed by atoms with Crippen molar-refractivity contribution in [3.05, 3.63) is 0 Å². The van der Waals surface area contributed by atoms with Gasteiger partial charge in [0.1, 0.15) is 0 Å². The molecule has 1 rings (SSSR count). The molecule has 1 atom stereocenters. The maximum absolute atomic E-state index is 12.1. The maximum atomic E-state index is 12.1. The third-order valence-corrected chi connectivity index (χ3v) is 3.18. The van der Waals surface area contributed by atoms with Crippen LogP contribution < -0.4 is 5.32 Å². The molecule has 1 amide bonds. The number of rotatable bonds is 3. The summed E-state index contributed by atoms with van der Waals surface area (Å²) in [4.78, 5) is 14.2. The lowest BCUT2D eigenvalue weighted by Crippen LogP contribution is -2.35. The van der Waals surface area contributed by atoms with Gasteiger partial charge in [-0.2, -0.15) is 0 Å². The summed E-state index contributed by atoms with van der Waals surface area (Å²) in [6.07, 6.45) is 2.90. The predicted octanol–water partition coefficient (Wildman–Crippen LogP) is 2.27. The first kappa shape index (κ1) is 14.5. The lowest BCUT2D eigenvalue weighted by molar-refractivity contribution is -0.132. The molecule has 1 fully saturated rings. The van der Waals surface area contributed by atoms with E-state index < -0.39 is 0 Å². The van der Waals surface area contributed by atoms with Crippen molar-refractivity contribution >= 4 is 5.91 Å². The van der Waals surface area contributed by atoms with Crippen molar-refractivity contribution in [3.63, 3.8) is 0 Å². The van der Waals surface area contributed by atoms with E-state index in [1.807, 2.05) is 4.90 Å². The first-order valence-electron chi connectivity index (χ1n) is 6.87. The Morgan fingerprint density at radius 3 is 2.65 bits per heavy atom. The number of carbonyl (C=O) groups is 1. The maximum Gasteiger partial charge on any atom is 0.222 e. The smallest absolute Gasteiger partial charge is 0.222 e. The van der Waals surface area contributed by atoms with Crippen LogP contribution in [0.1, 0.15) is 47.0 Å². The van der Waals surface area contributed by atoms with Crippen LogP contribution in [0.15, 0.2) is 0 Å². The molecule has 1 heterocycles. The van der Waals surface area contributed by atoms with E-state index in [9.17, 15) is 4.79 Å². The van der Waals surface area contributed by atoms with Crippen molar-refractivity contribution < 1.29 is 4.79 Å². The number of nitrogens with one attached hydrogen (secondary N) is 1. The Kier molecular flexibility index (Phi) is 5.44. The quantitative estimate of drug-likeness (QED) is 0.821. The van der Waals surface area contributed by atoms with E-state index in [1.54, 1.807) is 0 Å². The molecule has 0 radical (unpaired) electrons. The second-order valence-corrected chi connectivity index (χ2v) is 6.56. The summed E-state index contributed by atoms with van der Waals surface area (Å²) < 4.78 is 0. The minimum absolute atomic E-state index is 0.319. The molecule has 1 saturated heterocycles. The summed E-state index contributed by atoms with van der Waals surface area (Å²) in [5, 5.41) is 3.33. The van der Waals surface area contributed by atoms with E-state index in [2.05, 4.69) is 33.0 Å². The highest BCUT2D eigenvalue weighted by Crippen LogP contribution is 2.26. The first-order valence-corrected chi connectivity index (χ1v) is 6.87. The molecule has 0 aromatic rings. The van der Waals surface area contributed by atoms with Gasteiger partial charge >= 0.3 is 0 Å². The van der Waals surface area contributed by atoms with Crippen LogP contribution in [0.3, 0.4) is 0 Å². The molecule has 0 bridgehead atoms. The van der Waals surface area contributed by atoms with Crippen LogP contribution in [0.4, 0.5) is 0 Å². The Morgan fingerprint density at radius 1 is 1.29 bits per heavy atom. The van der Waals surface area contributed by atoms with Crippen molar-refractivity contribution in [1.82, 2.24) is 10.2 Å². The standard InChI is InChI=1S/C14H28N2O/c1-12(11-14(2,3)4)10-13(17)16-8-5-6-15-7-9-16/h12,15H,5-11H2,1-4H3/t12-/m0/s1. The van der Waals surface area contributed by atoms with Crippen molar-refractivity contribution in [2.75, 3.05) is 26.2 Å². The van der Waals surface area contributed by atoms with Gasteiger partial charge < -0.3 is 10.2 Å². The molecule has 0 aliphatic carbocycles. The Hall–Kier alpha value is -0.570.